The Hall–Kier alpha value is -2.54. The van der Waals surface area contributed by atoms with E-state index < -0.39 is 0 Å². The van der Waals surface area contributed by atoms with Crippen molar-refractivity contribution >= 4 is 38.3 Å². The number of fused-ring (bicyclic) bond motifs is 1. The van der Waals surface area contributed by atoms with Gasteiger partial charge < -0.3 is 19.5 Å². The van der Waals surface area contributed by atoms with Crippen LogP contribution in [0.3, 0.4) is 0 Å². The van der Waals surface area contributed by atoms with E-state index in [9.17, 15) is 0 Å². The summed E-state index contributed by atoms with van der Waals surface area (Å²) in [5, 5.41) is 4.19. The molecule has 0 unspecified atom stereocenters. The fourth-order valence-corrected chi connectivity index (χ4v) is 2.78. The van der Waals surface area contributed by atoms with Gasteiger partial charge in [0.05, 0.1) is 26.8 Å². The largest absolute Gasteiger partial charge is 0.493 e. The molecule has 0 spiro atoms. The first-order valence-corrected chi connectivity index (χ1v) is 7.93. The van der Waals surface area contributed by atoms with Gasteiger partial charge in [0.15, 0.2) is 11.5 Å². The van der Waals surface area contributed by atoms with Gasteiger partial charge in [-0.1, -0.05) is 15.9 Å². The van der Waals surface area contributed by atoms with E-state index in [0.717, 1.165) is 21.1 Å². The van der Waals surface area contributed by atoms with E-state index >= 15 is 0 Å². The van der Waals surface area contributed by atoms with Gasteiger partial charge in [0.1, 0.15) is 12.1 Å². The molecular formula is C17H16BrN3O3. The van der Waals surface area contributed by atoms with Crippen LogP contribution in [0.2, 0.25) is 0 Å². The summed E-state index contributed by atoms with van der Waals surface area (Å²) in [5.41, 5.74) is 1.62. The van der Waals surface area contributed by atoms with Crippen molar-refractivity contribution in [2.24, 2.45) is 0 Å². The molecule has 0 fully saturated rings. The summed E-state index contributed by atoms with van der Waals surface area (Å²) >= 11 is 3.48. The van der Waals surface area contributed by atoms with Crippen LogP contribution in [0.15, 0.2) is 41.1 Å². The average Bonchev–Trinajstić information content (AvgIpc) is 2.61. The third-order valence-corrected chi connectivity index (χ3v) is 4.02. The SMILES string of the molecule is COc1cc(Nc2ncnc3ccc(Br)cc23)cc(OC)c1OC. The second-order valence-electron chi connectivity index (χ2n) is 4.92. The zero-order valence-corrected chi connectivity index (χ0v) is 15.0. The predicted molar refractivity (Wildman–Crippen MR) is 96.6 cm³/mol. The molecule has 0 aliphatic heterocycles. The number of anilines is 2. The Bertz CT molecular complexity index is 861. The first kappa shape index (κ1) is 16.3. The number of hydrogen-bond donors (Lipinski definition) is 1. The van der Waals surface area contributed by atoms with Gasteiger partial charge in [0.25, 0.3) is 0 Å². The van der Waals surface area contributed by atoms with Crippen molar-refractivity contribution in [3.63, 3.8) is 0 Å². The van der Waals surface area contributed by atoms with Crippen LogP contribution in [0.4, 0.5) is 11.5 Å². The second-order valence-corrected chi connectivity index (χ2v) is 5.84. The van der Waals surface area contributed by atoms with Gasteiger partial charge in [-0.2, -0.15) is 0 Å². The molecule has 124 valence electrons. The molecule has 0 amide bonds. The summed E-state index contributed by atoms with van der Waals surface area (Å²) < 4.78 is 17.1. The molecule has 0 saturated carbocycles. The number of rotatable bonds is 5. The van der Waals surface area contributed by atoms with Crippen LogP contribution in [0.5, 0.6) is 17.2 Å². The Balaban J connectivity index is 2.07. The summed E-state index contributed by atoms with van der Waals surface area (Å²) in [6, 6.07) is 9.50. The van der Waals surface area contributed by atoms with Crippen LogP contribution >= 0.6 is 15.9 Å². The average molecular weight is 390 g/mol. The maximum Gasteiger partial charge on any atom is 0.203 e. The summed E-state index contributed by atoms with van der Waals surface area (Å²) in [5.74, 6) is 2.37. The summed E-state index contributed by atoms with van der Waals surface area (Å²) in [4.78, 5) is 8.62. The highest BCUT2D eigenvalue weighted by molar-refractivity contribution is 9.10. The number of methoxy groups -OCH3 is 3. The molecule has 2 aromatic carbocycles. The molecule has 0 aliphatic rings. The van der Waals surface area contributed by atoms with E-state index in [1.807, 2.05) is 30.3 Å². The summed E-state index contributed by atoms with van der Waals surface area (Å²) in [7, 11) is 4.74. The van der Waals surface area contributed by atoms with Crippen molar-refractivity contribution < 1.29 is 14.2 Å². The lowest BCUT2D eigenvalue weighted by molar-refractivity contribution is 0.324. The third-order valence-electron chi connectivity index (χ3n) is 3.52. The number of benzene rings is 2. The molecule has 6 nitrogen and oxygen atoms in total. The number of halogens is 1. The smallest absolute Gasteiger partial charge is 0.203 e. The zero-order valence-electron chi connectivity index (χ0n) is 13.5. The van der Waals surface area contributed by atoms with Crippen molar-refractivity contribution in [1.82, 2.24) is 9.97 Å². The van der Waals surface area contributed by atoms with E-state index in [1.54, 1.807) is 21.3 Å². The van der Waals surface area contributed by atoms with Crippen LogP contribution in [-0.4, -0.2) is 31.3 Å². The van der Waals surface area contributed by atoms with E-state index in [1.165, 1.54) is 6.33 Å². The fourth-order valence-electron chi connectivity index (χ4n) is 2.42. The topological polar surface area (TPSA) is 65.5 Å². The Labute approximate surface area is 147 Å². The van der Waals surface area contributed by atoms with E-state index in [-0.39, 0.29) is 0 Å². The predicted octanol–water partition coefficient (Wildman–Crippen LogP) is 4.16. The summed E-state index contributed by atoms with van der Waals surface area (Å²) in [6.45, 7) is 0. The Morgan fingerprint density at radius 2 is 1.62 bits per heavy atom. The minimum atomic E-state index is 0.542. The number of hydrogen-bond acceptors (Lipinski definition) is 6. The molecule has 7 heteroatoms. The zero-order chi connectivity index (χ0) is 17.1. The van der Waals surface area contributed by atoms with Crippen LogP contribution in [0.1, 0.15) is 0 Å². The molecule has 3 rings (SSSR count). The molecule has 24 heavy (non-hydrogen) atoms. The standard InChI is InChI=1S/C17H16BrN3O3/c1-22-14-7-11(8-15(23-2)16(14)24-3)21-17-12-6-10(18)4-5-13(12)19-9-20-17/h4-9H,1-3H3,(H,19,20,21). The lowest BCUT2D eigenvalue weighted by atomic mass is 10.2. The van der Waals surface area contributed by atoms with Crippen molar-refractivity contribution in [3.8, 4) is 17.2 Å². The number of nitrogens with zero attached hydrogens (tertiary/aromatic N) is 2. The Morgan fingerprint density at radius 3 is 2.25 bits per heavy atom. The first-order chi connectivity index (χ1) is 11.7. The molecule has 1 heterocycles. The highest BCUT2D eigenvalue weighted by Crippen LogP contribution is 2.40. The number of aromatic nitrogens is 2. The van der Waals surface area contributed by atoms with Gasteiger partial charge in [0, 0.05) is 27.7 Å². The molecule has 1 aromatic heterocycles. The monoisotopic (exact) mass is 389 g/mol. The van der Waals surface area contributed by atoms with Gasteiger partial charge in [0.2, 0.25) is 5.75 Å². The maximum atomic E-state index is 5.38. The lowest BCUT2D eigenvalue weighted by Gasteiger charge is -2.15. The molecule has 0 bridgehead atoms. The van der Waals surface area contributed by atoms with Crippen molar-refractivity contribution in [1.29, 1.82) is 0 Å². The molecule has 0 aliphatic carbocycles. The third kappa shape index (κ3) is 3.07. The minimum absolute atomic E-state index is 0.542. The van der Waals surface area contributed by atoms with Gasteiger partial charge in [-0.05, 0) is 18.2 Å². The fraction of sp³-hybridized carbons (Fsp3) is 0.176. The van der Waals surface area contributed by atoms with Crippen molar-refractivity contribution in [2.75, 3.05) is 26.6 Å². The van der Waals surface area contributed by atoms with Crippen molar-refractivity contribution in [2.45, 2.75) is 0 Å². The Kier molecular flexibility index (Phi) is 4.71. The van der Waals surface area contributed by atoms with E-state index in [4.69, 9.17) is 14.2 Å². The number of nitrogens with one attached hydrogen (secondary N) is 1. The minimum Gasteiger partial charge on any atom is -0.493 e. The lowest BCUT2D eigenvalue weighted by Crippen LogP contribution is -1.99. The van der Waals surface area contributed by atoms with Crippen LogP contribution in [0, 0.1) is 0 Å². The highest BCUT2D eigenvalue weighted by Gasteiger charge is 2.14. The molecule has 0 atom stereocenters. The van der Waals surface area contributed by atoms with Gasteiger partial charge in [-0.3, -0.25) is 0 Å². The highest BCUT2D eigenvalue weighted by atomic mass is 79.9. The molecular weight excluding hydrogens is 374 g/mol. The van der Waals surface area contributed by atoms with Crippen LogP contribution in [0.25, 0.3) is 10.9 Å². The Morgan fingerprint density at radius 1 is 0.917 bits per heavy atom. The van der Waals surface area contributed by atoms with Crippen LogP contribution in [-0.2, 0) is 0 Å². The van der Waals surface area contributed by atoms with Gasteiger partial charge in [-0.25, -0.2) is 9.97 Å². The van der Waals surface area contributed by atoms with E-state index in [2.05, 4.69) is 31.2 Å². The molecule has 0 radical (unpaired) electrons. The first-order valence-electron chi connectivity index (χ1n) is 7.13. The quantitative estimate of drug-likeness (QED) is 0.706. The number of ether oxygens (including phenoxy) is 3. The van der Waals surface area contributed by atoms with Crippen molar-refractivity contribution in [3.05, 3.63) is 41.1 Å². The molecule has 3 aromatic rings. The molecule has 0 saturated heterocycles. The molecule has 1 N–H and O–H groups in total. The van der Waals surface area contributed by atoms with Gasteiger partial charge in [-0.15, -0.1) is 0 Å². The normalized spacial score (nSPS) is 10.5. The second kappa shape index (κ2) is 6.92. The van der Waals surface area contributed by atoms with Gasteiger partial charge >= 0.3 is 0 Å². The maximum absolute atomic E-state index is 5.38. The summed E-state index contributed by atoms with van der Waals surface area (Å²) in [6.07, 6.45) is 1.52. The van der Waals surface area contributed by atoms with Crippen LogP contribution < -0.4 is 19.5 Å². The van der Waals surface area contributed by atoms with E-state index in [0.29, 0.717) is 23.1 Å².